The molecule has 0 aliphatic rings. The van der Waals surface area contributed by atoms with Crippen LogP contribution in [0.4, 0.5) is 0 Å². The van der Waals surface area contributed by atoms with Gasteiger partial charge >= 0.3 is 0 Å². The van der Waals surface area contributed by atoms with E-state index in [1.165, 1.54) is 0 Å². The smallest absolute Gasteiger partial charge is 0.167 e. The second kappa shape index (κ2) is 3.38. The number of carbonyl (C=O) groups excluding carboxylic acids is 1. The van der Waals surface area contributed by atoms with E-state index in [1.807, 2.05) is 0 Å². The van der Waals surface area contributed by atoms with Crippen LogP contribution in [0.1, 0.15) is 6.92 Å². The number of hydrogen-bond donors (Lipinski definition) is 2. The van der Waals surface area contributed by atoms with Crippen molar-refractivity contribution >= 4 is 28.6 Å². The van der Waals surface area contributed by atoms with E-state index in [2.05, 4.69) is 18.9 Å². The molecule has 1 unspecified atom stereocenters. The van der Waals surface area contributed by atoms with Crippen LogP contribution >= 0.6 is 23.5 Å². The molecule has 43 valence electrons. The van der Waals surface area contributed by atoms with Crippen LogP contribution < -0.4 is 0 Å². The van der Waals surface area contributed by atoms with Crippen molar-refractivity contribution in [3.8, 4) is 0 Å². The van der Waals surface area contributed by atoms with Crippen molar-refractivity contribution < 1.29 is 4.79 Å². The van der Waals surface area contributed by atoms with E-state index in [4.69, 9.17) is 0 Å². The van der Waals surface area contributed by atoms with Gasteiger partial charge in [0, 0.05) is 12.0 Å². The zero-order chi connectivity index (χ0) is 5.86. The van der Waals surface area contributed by atoms with E-state index in [9.17, 15) is 4.79 Å². The van der Waals surface area contributed by atoms with Gasteiger partial charge in [0.25, 0.3) is 0 Å². The third-order valence-electron chi connectivity index (χ3n) is 0.616. The first-order valence-corrected chi connectivity index (χ1v) is 4.22. The van der Waals surface area contributed by atoms with Crippen molar-refractivity contribution in [2.45, 2.75) is 6.92 Å². The minimum Gasteiger partial charge on any atom is -0.289 e. The highest BCUT2D eigenvalue weighted by atomic mass is 32.2. The fourth-order valence-corrected chi connectivity index (χ4v) is 0.896. The molecule has 0 saturated carbocycles. The third kappa shape index (κ3) is 3.00. The molecule has 1 radical (unpaired) electrons. The summed E-state index contributed by atoms with van der Waals surface area (Å²) in [6.07, 6.45) is 3.59. The fourth-order valence-electron chi connectivity index (χ4n) is 0.0996. The molecule has 0 bridgehead atoms. The quantitative estimate of drug-likeness (QED) is 0.520. The van der Waals surface area contributed by atoms with Crippen LogP contribution in [0.25, 0.3) is 0 Å². The van der Waals surface area contributed by atoms with Gasteiger partial charge in [0.15, 0.2) is 5.12 Å². The van der Waals surface area contributed by atoms with Gasteiger partial charge in [-0.1, -0.05) is 0 Å². The SMILES string of the molecule is [CH2][SH](CS)C(C)=O. The molecule has 0 saturated heterocycles. The summed E-state index contributed by atoms with van der Waals surface area (Å²) in [7, 11) is -0.662. The van der Waals surface area contributed by atoms with E-state index in [-0.39, 0.29) is 5.12 Å². The summed E-state index contributed by atoms with van der Waals surface area (Å²) in [5.41, 5.74) is 0. The van der Waals surface area contributed by atoms with Gasteiger partial charge in [-0.05, 0) is 6.26 Å². The lowest BCUT2D eigenvalue weighted by atomic mass is 10.9. The van der Waals surface area contributed by atoms with Crippen LogP contribution in [0, 0.1) is 6.26 Å². The van der Waals surface area contributed by atoms with E-state index < -0.39 is 10.9 Å². The van der Waals surface area contributed by atoms with E-state index in [0.717, 1.165) is 0 Å². The summed E-state index contributed by atoms with van der Waals surface area (Å²) < 4.78 is 0. The molecule has 0 aromatic rings. The predicted molar refractivity (Wildman–Crippen MR) is 38.9 cm³/mol. The summed E-state index contributed by atoms with van der Waals surface area (Å²) in [4.78, 5) is 10.3. The molecule has 0 aliphatic heterocycles. The summed E-state index contributed by atoms with van der Waals surface area (Å²) >= 11 is 3.90. The van der Waals surface area contributed by atoms with E-state index in [1.54, 1.807) is 6.92 Å². The first-order chi connectivity index (χ1) is 3.18. The largest absolute Gasteiger partial charge is 0.289 e. The summed E-state index contributed by atoms with van der Waals surface area (Å²) in [5.74, 6) is 0. The molecule has 3 heteroatoms. The average Bonchev–Trinajstić information content (AvgIpc) is 1.65. The van der Waals surface area contributed by atoms with Gasteiger partial charge in [-0.15, -0.1) is 0 Å². The molecular weight excluding hydrogens is 128 g/mol. The van der Waals surface area contributed by atoms with Crippen LogP contribution in [-0.2, 0) is 4.79 Å². The maximum atomic E-state index is 10.3. The van der Waals surface area contributed by atoms with Gasteiger partial charge < -0.3 is 0 Å². The summed E-state index contributed by atoms with van der Waals surface area (Å²) in [6.45, 7) is 1.55. The van der Waals surface area contributed by atoms with Crippen LogP contribution in [-0.4, -0.2) is 10.2 Å². The molecular formula is C4H9OS2. The lowest BCUT2D eigenvalue weighted by Gasteiger charge is -2.03. The molecule has 1 atom stereocenters. The van der Waals surface area contributed by atoms with E-state index >= 15 is 0 Å². The Bertz CT molecular complexity index is 72.1. The Labute approximate surface area is 52.2 Å². The molecule has 0 aromatic heterocycles. The highest BCUT2D eigenvalue weighted by molar-refractivity contribution is 8.34. The summed E-state index contributed by atoms with van der Waals surface area (Å²) in [5, 5.41) is 0.787. The van der Waals surface area contributed by atoms with Crippen molar-refractivity contribution in [3.63, 3.8) is 0 Å². The Balaban J connectivity index is 3.34. The Morgan fingerprint density at radius 3 is 2.43 bits per heavy atom. The van der Waals surface area contributed by atoms with Crippen LogP contribution in [0.2, 0.25) is 0 Å². The van der Waals surface area contributed by atoms with Crippen molar-refractivity contribution in [2.75, 3.05) is 5.08 Å². The number of hydrogen-bond acceptors (Lipinski definition) is 2. The zero-order valence-corrected chi connectivity index (χ0v) is 6.01. The highest BCUT2D eigenvalue weighted by Gasteiger charge is 1.96. The van der Waals surface area contributed by atoms with Crippen LogP contribution in [0.15, 0.2) is 0 Å². The lowest BCUT2D eigenvalue weighted by Crippen LogP contribution is -1.88. The maximum Gasteiger partial charge on any atom is 0.167 e. The van der Waals surface area contributed by atoms with Gasteiger partial charge in [-0.2, -0.15) is 23.5 Å². The third-order valence-corrected chi connectivity index (χ3v) is 2.87. The Morgan fingerprint density at radius 2 is 2.43 bits per heavy atom. The van der Waals surface area contributed by atoms with Crippen molar-refractivity contribution in [3.05, 3.63) is 6.26 Å². The summed E-state index contributed by atoms with van der Waals surface area (Å²) in [6, 6.07) is 0. The Morgan fingerprint density at radius 1 is 2.00 bits per heavy atom. The van der Waals surface area contributed by atoms with Gasteiger partial charge in [0.05, 0.1) is 0 Å². The van der Waals surface area contributed by atoms with Crippen LogP contribution in [0.3, 0.4) is 0 Å². The molecule has 0 rings (SSSR count). The van der Waals surface area contributed by atoms with Crippen molar-refractivity contribution in [2.24, 2.45) is 0 Å². The topological polar surface area (TPSA) is 17.1 Å². The van der Waals surface area contributed by atoms with Gasteiger partial charge in [-0.3, -0.25) is 4.79 Å². The van der Waals surface area contributed by atoms with Gasteiger partial charge in [-0.25, -0.2) is 0 Å². The number of rotatable bonds is 1. The first kappa shape index (κ1) is 7.37. The fraction of sp³-hybridized carbons (Fsp3) is 0.500. The minimum atomic E-state index is -0.662. The van der Waals surface area contributed by atoms with E-state index in [0.29, 0.717) is 5.08 Å². The number of carbonyl (C=O) groups is 1. The zero-order valence-electron chi connectivity index (χ0n) is 4.22. The molecule has 0 amide bonds. The van der Waals surface area contributed by atoms with Gasteiger partial charge in [0.1, 0.15) is 0 Å². The van der Waals surface area contributed by atoms with Crippen molar-refractivity contribution in [1.29, 1.82) is 0 Å². The van der Waals surface area contributed by atoms with Gasteiger partial charge in [0.2, 0.25) is 0 Å². The molecule has 7 heavy (non-hydrogen) atoms. The Hall–Kier alpha value is 0.370. The van der Waals surface area contributed by atoms with Crippen molar-refractivity contribution in [1.82, 2.24) is 0 Å². The van der Waals surface area contributed by atoms with Crippen LogP contribution in [0.5, 0.6) is 0 Å². The minimum absolute atomic E-state index is 0.171. The molecule has 0 aliphatic carbocycles. The standard InChI is InChI=1S/C4H9OS2/c1-4(5)7(2)3-6/h6-7H,2-3H2,1H3. The Kier molecular flexibility index (Phi) is 3.56. The monoisotopic (exact) mass is 137 g/mol. The highest BCUT2D eigenvalue weighted by Crippen LogP contribution is 2.23. The number of thiol groups is 2. The predicted octanol–water partition coefficient (Wildman–Crippen LogP) is 1.21. The molecule has 0 fully saturated rings. The molecule has 1 nitrogen and oxygen atoms in total. The first-order valence-electron chi connectivity index (χ1n) is 1.88. The second-order valence-corrected chi connectivity index (χ2v) is 4.04. The molecule has 0 heterocycles. The molecule has 0 N–H and O–H groups in total. The normalized spacial score (nSPS) is 16.1. The lowest BCUT2D eigenvalue weighted by molar-refractivity contribution is -0.109. The molecule has 0 aromatic carbocycles. The average molecular weight is 137 g/mol. The maximum absolute atomic E-state index is 10.3. The molecule has 0 spiro atoms. The second-order valence-electron chi connectivity index (χ2n) is 1.20.